The first-order valence-corrected chi connectivity index (χ1v) is 4.11. The van der Waals surface area contributed by atoms with Gasteiger partial charge in [-0.15, -0.1) is 0 Å². The molecule has 0 aromatic rings. The van der Waals surface area contributed by atoms with Crippen LogP contribution in [0.25, 0.3) is 0 Å². The van der Waals surface area contributed by atoms with Gasteiger partial charge in [0.1, 0.15) is 0 Å². The molecule has 1 saturated carbocycles. The first kappa shape index (κ1) is 7.10. The average Bonchev–Trinajstić information content (AvgIpc) is 2.18. The van der Waals surface area contributed by atoms with Gasteiger partial charge in [-0.25, -0.2) is 0 Å². The zero-order valence-electron chi connectivity index (χ0n) is 6.63. The second kappa shape index (κ2) is 1.97. The van der Waals surface area contributed by atoms with E-state index in [-0.39, 0.29) is 17.4 Å². The second-order valence-electron chi connectivity index (χ2n) is 3.97. The normalized spacial score (nSPS) is 49.1. The lowest BCUT2D eigenvalue weighted by atomic mass is 9.80. The molecule has 1 aliphatic carbocycles. The molecule has 2 bridgehead atoms. The smallest absolute Gasteiger partial charge is 0.226 e. The van der Waals surface area contributed by atoms with Crippen LogP contribution in [0.15, 0.2) is 0 Å². The molecule has 3 nitrogen and oxygen atoms in total. The highest BCUT2D eigenvalue weighted by molar-refractivity contribution is 5.83. The summed E-state index contributed by atoms with van der Waals surface area (Å²) in [6, 6.07) is 0. The van der Waals surface area contributed by atoms with Crippen molar-refractivity contribution in [2.75, 3.05) is 0 Å². The summed E-state index contributed by atoms with van der Waals surface area (Å²) in [6.45, 7) is 2.05. The second-order valence-corrected chi connectivity index (χ2v) is 3.97. The maximum absolute atomic E-state index is 11.2. The lowest BCUT2D eigenvalue weighted by molar-refractivity contribution is -0.125. The fraction of sp³-hybridized carbons (Fsp3) is 0.875. The molecule has 1 aliphatic heterocycles. The topological polar surface area (TPSA) is 49.3 Å². The van der Waals surface area contributed by atoms with E-state index in [2.05, 4.69) is 12.2 Å². The largest absolute Gasteiger partial charge is 0.392 e. The van der Waals surface area contributed by atoms with E-state index in [4.69, 9.17) is 0 Å². The third-order valence-electron chi connectivity index (χ3n) is 2.89. The standard InChI is InChI=1S/C8H13NO2/c1-8-3-2-6(10)5(4-8)7(11)9-8/h5-6,10H,2-4H2,1H3,(H,9,11)/t5-,6+,8-/m1/s1. The van der Waals surface area contributed by atoms with Crippen LogP contribution >= 0.6 is 0 Å². The number of fused-ring (bicyclic) bond motifs is 2. The van der Waals surface area contributed by atoms with Crippen LogP contribution in [-0.4, -0.2) is 22.7 Å². The fourth-order valence-electron chi connectivity index (χ4n) is 2.16. The van der Waals surface area contributed by atoms with Crippen molar-refractivity contribution in [1.29, 1.82) is 0 Å². The van der Waals surface area contributed by atoms with E-state index in [0.29, 0.717) is 0 Å². The molecule has 0 radical (unpaired) electrons. The first-order valence-electron chi connectivity index (χ1n) is 4.11. The van der Waals surface area contributed by atoms with Crippen LogP contribution in [0.5, 0.6) is 0 Å². The third kappa shape index (κ3) is 0.948. The maximum atomic E-state index is 11.2. The molecular formula is C8H13NO2. The summed E-state index contributed by atoms with van der Waals surface area (Å²) in [4.78, 5) is 11.2. The summed E-state index contributed by atoms with van der Waals surface area (Å²) < 4.78 is 0. The van der Waals surface area contributed by atoms with Crippen LogP contribution in [0.4, 0.5) is 0 Å². The SMILES string of the molecule is C[C@@]12CC[C@H](O)[C@@H](C1)C(=O)N2. The van der Waals surface area contributed by atoms with Crippen LogP contribution < -0.4 is 5.32 Å². The number of amides is 1. The molecule has 2 rings (SSSR count). The van der Waals surface area contributed by atoms with Gasteiger partial charge in [0.2, 0.25) is 5.91 Å². The van der Waals surface area contributed by atoms with E-state index in [1.807, 2.05) is 0 Å². The van der Waals surface area contributed by atoms with Crippen LogP contribution in [0.2, 0.25) is 0 Å². The van der Waals surface area contributed by atoms with E-state index < -0.39 is 6.10 Å². The number of carbonyl (C=O) groups excluding carboxylic acids is 1. The molecule has 3 atom stereocenters. The highest BCUT2D eigenvalue weighted by atomic mass is 16.3. The molecule has 2 aliphatic rings. The monoisotopic (exact) mass is 155 g/mol. The molecule has 0 aromatic heterocycles. The van der Waals surface area contributed by atoms with Gasteiger partial charge in [0, 0.05) is 5.54 Å². The number of rotatable bonds is 0. The number of carbonyl (C=O) groups is 1. The number of aliphatic hydroxyl groups excluding tert-OH is 1. The van der Waals surface area contributed by atoms with Crippen molar-refractivity contribution in [2.45, 2.75) is 37.8 Å². The Bertz CT molecular complexity index is 204. The van der Waals surface area contributed by atoms with Gasteiger partial charge >= 0.3 is 0 Å². The molecule has 0 spiro atoms. The molecule has 11 heavy (non-hydrogen) atoms. The highest BCUT2D eigenvalue weighted by Crippen LogP contribution is 2.37. The predicted octanol–water partition coefficient (Wildman–Crippen LogP) is 0.0359. The lowest BCUT2D eigenvalue weighted by Crippen LogP contribution is -2.38. The molecular weight excluding hydrogens is 142 g/mol. The van der Waals surface area contributed by atoms with Crippen molar-refractivity contribution in [3.05, 3.63) is 0 Å². The van der Waals surface area contributed by atoms with Gasteiger partial charge < -0.3 is 10.4 Å². The predicted molar refractivity (Wildman–Crippen MR) is 39.9 cm³/mol. The average molecular weight is 155 g/mol. The van der Waals surface area contributed by atoms with E-state index in [9.17, 15) is 9.90 Å². The Balaban J connectivity index is 2.24. The number of nitrogens with one attached hydrogen (secondary N) is 1. The lowest BCUT2D eigenvalue weighted by Gasteiger charge is -2.29. The zero-order chi connectivity index (χ0) is 8.06. The van der Waals surface area contributed by atoms with Crippen LogP contribution in [0.1, 0.15) is 26.2 Å². The molecule has 0 aromatic carbocycles. The van der Waals surface area contributed by atoms with E-state index in [1.165, 1.54) is 0 Å². The van der Waals surface area contributed by atoms with Gasteiger partial charge in [-0.2, -0.15) is 0 Å². The van der Waals surface area contributed by atoms with Crippen LogP contribution in [0, 0.1) is 5.92 Å². The van der Waals surface area contributed by atoms with Crippen molar-refractivity contribution >= 4 is 5.91 Å². The number of hydrogen-bond donors (Lipinski definition) is 2. The summed E-state index contributed by atoms with van der Waals surface area (Å²) in [6.07, 6.45) is 2.09. The van der Waals surface area contributed by atoms with Gasteiger partial charge in [-0.05, 0) is 26.2 Å². The van der Waals surface area contributed by atoms with Crippen molar-refractivity contribution < 1.29 is 9.90 Å². The minimum atomic E-state index is -0.398. The minimum absolute atomic E-state index is 0.0129. The Kier molecular flexibility index (Phi) is 1.27. The number of hydrogen-bond acceptors (Lipinski definition) is 2. The van der Waals surface area contributed by atoms with E-state index in [0.717, 1.165) is 19.3 Å². The van der Waals surface area contributed by atoms with E-state index >= 15 is 0 Å². The highest BCUT2D eigenvalue weighted by Gasteiger charge is 2.47. The molecule has 1 heterocycles. The van der Waals surface area contributed by atoms with Gasteiger partial charge in [-0.1, -0.05) is 0 Å². The molecule has 2 N–H and O–H groups in total. The molecule has 62 valence electrons. The van der Waals surface area contributed by atoms with Gasteiger partial charge in [0.25, 0.3) is 0 Å². The van der Waals surface area contributed by atoms with Crippen molar-refractivity contribution in [2.24, 2.45) is 5.92 Å². The third-order valence-corrected chi connectivity index (χ3v) is 2.89. The number of aliphatic hydroxyl groups is 1. The van der Waals surface area contributed by atoms with Crippen molar-refractivity contribution in [1.82, 2.24) is 5.32 Å². The first-order chi connectivity index (χ1) is 5.11. The van der Waals surface area contributed by atoms with Gasteiger partial charge in [0.15, 0.2) is 0 Å². The summed E-state index contributed by atoms with van der Waals surface area (Å²) >= 11 is 0. The Morgan fingerprint density at radius 2 is 2.45 bits per heavy atom. The summed E-state index contributed by atoms with van der Waals surface area (Å²) in [5.74, 6) is -0.0914. The Hall–Kier alpha value is -0.570. The molecule has 1 amide bonds. The minimum Gasteiger partial charge on any atom is -0.392 e. The summed E-state index contributed by atoms with van der Waals surface area (Å²) in [7, 11) is 0. The Labute approximate surface area is 65.8 Å². The van der Waals surface area contributed by atoms with Gasteiger partial charge in [0.05, 0.1) is 12.0 Å². The summed E-state index contributed by atoms with van der Waals surface area (Å²) in [5.41, 5.74) is -0.0129. The summed E-state index contributed by atoms with van der Waals surface area (Å²) in [5, 5.41) is 12.3. The van der Waals surface area contributed by atoms with E-state index in [1.54, 1.807) is 0 Å². The zero-order valence-corrected chi connectivity index (χ0v) is 6.63. The fourth-order valence-corrected chi connectivity index (χ4v) is 2.16. The Morgan fingerprint density at radius 3 is 3.09 bits per heavy atom. The van der Waals surface area contributed by atoms with Crippen LogP contribution in [-0.2, 0) is 4.79 Å². The van der Waals surface area contributed by atoms with Crippen LogP contribution in [0.3, 0.4) is 0 Å². The molecule has 0 unspecified atom stereocenters. The molecule has 2 fully saturated rings. The maximum Gasteiger partial charge on any atom is 0.226 e. The van der Waals surface area contributed by atoms with Crippen molar-refractivity contribution in [3.63, 3.8) is 0 Å². The van der Waals surface area contributed by atoms with Gasteiger partial charge in [-0.3, -0.25) is 4.79 Å². The Morgan fingerprint density at radius 1 is 1.73 bits per heavy atom. The molecule has 3 heteroatoms. The quantitative estimate of drug-likeness (QED) is 0.518. The molecule has 1 saturated heterocycles. The van der Waals surface area contributed by atoms with Crippen molar-refractivity contribution in [3.8, 4) is 0 Å².